The van der Waals surface area contributed by atoms with Gasteiger partial charge in [0.15, 0.2) is 0 Å². The molecule has 2 amide bonds. The van der Waals surface area contributed by atoms with E-state index in [1.165, 1.54) is 4.90 Å². The molecular formula is C30H36N2O6S. The highest BCUT2D eigenvalue weighted by atomic mass is 32.2. The smallest absolute Gasteiger partial charge is 0.407 e. The molecule has 0 fully saturated rings. The molecule has 0 heterocycles. The first kappa shape index (κ1) is 29.9. The summed E-state index contributed by atoms with van der Waals surface area (Å²) < 4.78 is 25.2. The monoisotopic (exact) mass is 552 g/mol. The predicted molar refractivity (Wildman–Crippen MR) is 152 cm³/mol. The average molecular weight is 553 g/mol. The molecule has 0 saturated carbocycles. The Bertz CT molecular complexity index is 1390. The lowest BCUT2D eigenvalue weighted by Gasteiger charge is -2.30. The third kappa shape index (κ3) is 8.40. The molecule has 8 nitrogen and oxygen atoms in total. The highest BCUT2D eigenvalue weighted by molar-refractivity contribution is 7.89. The molecular weight excluding hydrogens is 516 g/mol. The first-order valence-corrected chi connectivity index (χ1v) is 14.7. The van der Waals surface area contributed by atoms with Gasteiger partial charge in [0.1, 0.15) is 0 Å². The number of carboxylic acid groups (broad SMARTS) is 1. The summed E-state index contributed by atoms with van der Waals surface area (Å²) in [6.07, 6.45) is 0.00185. The molecule has 3 aromatic rings. The Morgan fingerprint density at radius 3 is 2.10 bits per heavy atom. The van der Waals surface area contributed by atoms with Gasteiger partial charge in [-0.25, -0.2) is 17.9 Å². The number of carbonyl (C=O) groups is 2. The van der Waals surface area contributed by atoms with Gasteiger partial charge in [0.05, 0.1) is 18.4 Å². The van der Waals surface area contributed by atoms with Crippen molar-refractivity contribution in [2.45, 2.75) is 45.8 Å². The molecule has 0 unspecified atom stereocenters. The van der Waals surface area contributed by atoms with E-state index in [-0.39, 0.29) is 12.5 Å². The minimum absolute atomic E-state index is 0.225. The van der Waals surface area contributed by atoms with E-state index in [0.717, 1.165) is 28.5 Å². The third-order valence-electron chi connectivity index (χ3n) is 6.52. The lowest BCUT2D eigenvalue weighted by atomic mass is 9.93. The van der Waals surface area contributed by atoms with Crippen LogP contribution in [0.5, 0.6) is 0 Å². The van der Waals surface area contributed by atoms with Crippen LogP contribution in [0.2, 0.25) is 0 Å². The normalized spacial score (nSPS) is 13.1. The molecule has 0 bridgehead atoms. The second kappa shape index (κ2) is 12.9. The predicted octanol–water partition coefficient (Wildman–Crippen LogP) is 4.89. The van der Waals surface area contributed by atoms with E-state index in [1.807, 2.05) is 67.1 Å². The first-order chi connectivity index (χ1) is 18.4. The van der Waals surface area contributed by atoms with Crippen molar-refractivity contribution in [1.29, 1.82) is 0 Å². The lowest BCUT2D eigenvalue weighted by Crippen LogP contribution is -2.42. The Kier molecular flexibility index (Phi) is 9.88. The minimum atomic E-state index is -3.68. The molecule has 0 saturated heterocycles. The van der Waals surface area contributed by atoms with Crippen molar-refractivity contribution < 1.29 is 28.2 Å². The maximum absolute atomic E-state index is 12.5. The van der Waals surface area contributed by atoms with Gasteiger partial charge in [0.25, 0.3) is 5.91 Å². The fourth-order valence-electron chi connectivity index (χ4n) is 4.51. The lowest BCUT2D eigenvalue weighted by molar-refractivity contribution is 0.0559. The van der Waals surface area contributed by atoms with Gasteiger partial charge in [-0.05, 0) is 59.6 Å². The molecule has 0 aliphatic heterocycles. The number of nitrogens with one attached hydrogen (secondary N) is 1. The van der Waals surface area contributed by atoms with Crippen LogP contribution in [0.1, 0.15) is 53.9 Å². The van der Waals surface area contributed by atoms with Crippen LogP contribution in [0.25, 0.3) is 11.1 Å². The highest BCUT2D eigenvalue weighted by Gasteiger charge is 2.26. The summed E-state index contributed by atoms with van der Waals surface area (Å²) >= 11 is 0. The van der Waals surface area contributed by atoms with E-state index in [2.05, 4.69) is 0 Å². The van der Waals surface area contributed by atoms with Crippen LogP contribution < -0.4 is 4.72 Å². The number of nitrogens with zero attached hydrogens (tertiary/aromatic N) is 1. The van der Waals surface area contributed by atoms with Crippen LogP contribution in [0.15, 0.2) is 72.8 Å². The van der Waals surface area contributed by atoms with Crippen molar-refractivity contribution in [2.75, 3.05) is 12.8 Å². The largest absolute Gasteiger partial charge is 0.465 e. The van der Waals surface area contributed by atoms with Crippen molar-refractivity contribution >= 4 is 22.0 Å². The Labute approximate surface area is 230 Å². The number of carbonyl (C=O) groups excluding carboxylic acids is 1. The highest BCUT2D eigenvalue weighted by Crippen LogP contribution is 2.26. The number of benzene rings is 3. The van der Waals surface area contributed by atoms with Crippen LogP contribution in [0.3, 0.4) is 0 Å². The number of amides is 2. The summed E-state index contributed by atoms with van der Waals surface area (Å²) in [4.78, 5) is 25.8. The van der Waals surface area contributed by atoms with Crippen molar-refractivity contribution in [3.05, 3.63) is 95.1 Å². The summed E-state index contributed by atoms with van der Waals surface area (Å²) in [5.41, 5.74) is 4.50. The van der Waals surface area contributed by atoms with Crippen molar-refractivity contribution in [1.82, 2.24) is 9.62 Å². The van der Waals surface area contributed by atoms with Crippen LogP contribution in [0, 0.1) is 5.92 Å². The fraction of sp³-hybridized carbons (Fsp3) is 0.333. The molecule has 0 aromatic heterocycles. The molecule has 39 heavy (non-hydrogen) atoms. The van der Waals surface area contributed by atoms with E-state index in [1.54, 1.807) is 31.2 Å². The maximum Gasteiger partial charge on any atom is 0.407 e. The molecule has 3 N–H and O–H groups in total. The van der Waals surface area contributed by atoms with E-state index < -0.39 is 34.2 Å². The molecule has 0 spiro atoms. The number of rotatable bonds is 11. The number of hydrogen-bond acceptors (Lipinski definition) is 5. The summed E-state index contributed by atoms with van der Waals surface area (Å²) in [5.74, 6) is -0.392. The van der Waals surface area contributed by atoms with E-state index in [4.69, 9.17) is 0 Å². The van der Waals surface area contributed by atoms with Gasteiger partial charge in [-0.15, -0.1) is 0 Å². The molecule has 0 aliphatic carbocycles. The molecule has 3 rings (SSSR count). The van der Waals surface area contributed by atoms with Crippen LogP contribution >= 0.6 is 0 Å². The number of aliphatic hydroxyl groups excluding tert-OH is 1. The topological polar surface area (TPSA) is 124 Å². The van der Waals surface area contributed by atoms with Crippen LogP contribution in [-0.4, -0.2) is 54.4 Å². The van der Waals surface area contributed by atoms with Gasteiger partial charge in [-0.2, -0.15) is 0 Å². The zero-order valence-electron chi connectivity index (χ0n) is 22.7. The number of aliphatic hydroxyl groups is 1. The second-order valence-corrected chi connectivity index (χ2v) is 11.9. The van der Waals surface area contributed by atoms with Crippen molar-refractivity contribution in [2.24, 2.45) is 5.92 Å². The number of sulfonamides is 1. The molecule has 2 atom stereocenters. The standard InChI is InChI=1S/C30H36N2O6S/c1-20(2)18-26-19-25(14-15-27(26)29(34)31-39(4,37)38)23-12-10-22(11-13-23)16-17-32(30(35)36)21(3)28(33)24-8-6-5-7-9-24/h5-15,19-21,28,33H,16-18H2,1-4H3,(H,31,34)(H,35,36)/t21-,28+/m0/s1. The molecule has 0 aliphatic rings. The third-order valence-corrected chi connectivity index (χ3v) is 7.08. The zero-order valence-corrected chi connectivity index (χ0v) is 23.5. The van der Waals surface area contributed by atoms with E-state index >= 15 is 0 Å². The van der Waals surface area contributed by atoms with Crippen molar-refractivity contribution in [3.63, 3.8) is 0 Å². The van der Waals surface area contributed by atoms with Crippen molar-refractivity contribution in [3.8, 4) is 11.1 Å². The Balaban J connectivity index is 1.75. The second-order valence-electron chi connectivity index (χ2n) is 10.2. The molecule has 9 heteroatoms. The summed E-state index contributed by atoms with van der Waals surface area (Å²) in [6.45, 7) is 5.98. The van der Waals surface area contributed by atoms with Gasteiger partial charge in [-0.3, -0.25) is 4.79 Å². The Morgan fingerprint density at radius 1 is 0.923 bits per heavy atom. The summed E-state index contributed by atoms with van der Waals surface area (Å²) in [6, 6.07) is 21.5. The van der Waals surface area contributed by atoms with Gasteiger partial charge in [0, 0.05) is 12.1 Å². The van der Waals surface area contributed by atoms with Gasteiger partial charge in [0.2, 0.25) is 10.0 Å². The molecule has 208 valence electrons. The van der Waals surface area contributed by atoms with Gasteiger partial charge < -0.3 is 15.1 Å². The Hall–Kier alpha value is -3.69. The quantitative estimate of drug-likeness (QED) is 0.311. The van der Waals surface area contributed by atoms with Crippen LogP contribution in [0.4, 0.5) is 4.79 Å². The zero-order chi connectivity index (χ0) is 28.7. The first-order valence-electron chi connectivity index (χ1n) is 12.8. The van der Waals surface area contributed by atoms with Gasteiger partial charge in [-0.1, -0.05) is 80.6 Å². The van der Waals surface area contributed by atoms with E-state index in [0.29, 0.717) is 24.0 Å². The minimum Gasteiger partial charge on any atom is -0.465 e. The Morgan fingerprint density at radius 2 is 1.54 bits per heavy atom. The average Bonchev–Trinajstić information content (AvgIpc) is 2.87. The number of hydrogen-bond donors (Lipinski definition) is 3. The van der Waals surface area contributed by atoms with Crippen LogP contribution in [-0.2, 0) is 22.9 Å². The van der Waals surface area contributed by atoms with Gasteiger partial charge >= 0.3 is 6.09 Å². The molecule has 0 radical (unpaired) electrons. The SMILES string of the molecule is CC(C)Cc1cc(-c2ccc(CCN(C(=O)O)[C@@H](C)[C@@H](O)c3ccccc3)cc2)ccc1C(=O)NS(C)(=O)=O. The fourth-order valence-corrected chi connectivity index (χ4v) is 4.96. The molecule has 3 aromatic carbocycles. The van der Waals surface area contributed by atoms with E-state index in [9.17, 15) is 28.2 Å². The summed E-state index contributed by atoms with van der Waals surface area (Å²) in [7, 11) is -3.68. The maximum atomic E-state index is 12.5. The summed E-state index contributed by atoms with van der Waals surface area (Å²) in [5, 5.41) is 20.5.